The van der Waals surface area contributed by atoms with Gasteiger partial charge in [0.05, 0.1) is 0 Å². The first-order valence-corrected chi connectivity index (χ1v) is 7.44. The highest BCUT2D eigenvalue weighted by Crippen LogP contribution is 2.10. The van der Waals surface area contributed by atoms with Gasteiger partial charge in [0.15, 0.2) is 0 Å². The van der Waals surface area contributed by atoms with Gasteiger partial charge in [0.25, 0.3) is 0 Å². The van der Waals surface area contributed by atoms with Crippen molar-refractivity contribution in [1.82, 2.24) is 0 Å². The third-order valence-electron chi connectivity index (χ3n) is 2.51. The molecule has 0 heterocycles. The molecule has 0 aromatic heterocycles. The highest BCUT2D eigenvalue weighted by Gasteiger charge is 1.91. The highest BCUT2D eigenvalue weighted by molar-refractivity contribution is 7.80. The van der Waals surface area contributed by atoms with Gasteiger partial charge in [-0.3, -0.25) is 0 Å². The van der Waals surface area contributed by atoms with Gasteiger partial charge in [-0.25, -0.2) is 4.79 Å². The van der Waals surface area contributed by atoms with Gasteiger partial charge in [-0.05, 0) is 12.2 Å². The predicted octanol–water partition coefficient (Wildman–Crippen LogP) is 3.86. The average Bonchev–Trinajstić information content (AvgIpc) is 2.26. The standard InChI is InChI=1S/C12H26S.CH4N2O/c1-2-3-4-5-6-7-8-9-10-11-12-13;2-1(3)4/h13H,2-12H2,1H3;(H4,2,3,4). The van der Waals surface area contributed by atoms with Crippen LogP contribution < -0.4 is 11.5 Å². The van der Waals surface area contributed by atoms with Gasteiger partial charge in [-0.1, -0.05) is 64.7 Å². The number of urea groups is 1. The second kappa shape index (κ2) is 18.0. The van der Waals surface area contributed by atoms with E-state index in [4.69, 9.17) is 4.79 Å². The molecule has 0 spiro atoms. The summed E-state index contributed by atoms with van der Waals surface area (Å²) in [4.78, 5) is 9.00. The van der Waals surface area contributed by atoms with E-state index in [1.165, 1.54) is 64.2 Å². The van der Waals surface area contributed by atoms with E-state index in [9.17, 15) is 0 Å². The second-order valence-electron chi connectivity index (χ2n) is 4.31. The molecule has 0 rings (SSSR count). The summed E-state index contributed by atoms with van der Waals surface area (Å²) in [7, 11) is 0. The van der Waals surface area contributed by atoms with E-state index < -0.39 is 6.03 Å². The van der Waals surface area contributed by atoms with E-state index >= 15 is 0 Å². The van der Waals surface area contributed by atoms with E-state index in [2.05, 4.69) is 31.0 Å². The first-order chi connectivity index (χ1) is 8.15. The Bertz CT molecular complexity index is 140. The molecule has 0 saturated heterocycles. The van der Waals surface area contributed by atoms with Crippen molar-refractivity contribution in [2.45, 2.75) is 71.1 Å². The van der Waals surface area contributed by atoms with Gasteiger partial charge in [0, 0.05) is 0 Å². The van der Waals surface area contributed by atoms with Crippen LogP contribution in [-0.2, 0) is 0 Å². The maximum Gasteiger partial charge on any atom is 0.309 e. The van der Waals surface area contributed by atoms with Crippen molar-refractivity contribution in [3.05, 3.63) is 0 Å². The number of thiol groups is 1. The summed E-state index contributed by atoms with van der Waals surface area (Å²) in [5.41, 5.74) is 8.50. The Morgan fingerprint density at radius 3 is 1.41 bits per heavy atom. The van der Waals surface area contributed by atoms with Crippen LogP contribution in [0.25, 0.3) is 0 Å². The summed E-state index contributed by atoms with van der Waals surface area (Å²) >= 11 is 4.20. The van der Waals surface area contributed by atoms with Crippen LogP contribution in [0.2, 0.25) is 0 Å². The topological polar surface area (TPSA) is 69.1 Å². The molecule has 104 valence electrons. The van der Waals surface area contributed by atoms with Crippen molar-refractivity contribution < 1.29 is 4.79 Å². The lowest BCUT2D eigenvalue weighted by Crippen LogP contribution is -2.18. The van der Waals surface area contributed by atoms with Crippen LogP contribution in [0.3, 0.4) is 0 Å². The number of hydrogen-bond acceptors (Lipinski definition) is 2. The Labute approximate surface area is 112 Å². The van der Waals surface area contributed by atoms with Crippen molar-refractivity contribution in [2.75, 3.05) is 5.75 Å². The van der Waals surface area contributed by atoms with Crippen molar-refractivity contribution in [1.29, 1.82) is 0 Å². The van der Waals surface area contributed by atoms with Gasteiger partial charge >= 0.3 is 6.03 Å². The van der Waals surface area contributed by atoms with Gasteiger partial charge < -0.3 is 11.5 Å². The minimum Gasteiger partial charge on any atom is -0.352 e. The highest BCUT2D eigenvalue weighted by atomic mass is 32.1. The van der Waals surface area contributed by atoms with Crippen molar-refractivity contribution in [2.24, 2.45) is 11.5 Å². The number of carbonyl (C=O) groups excluding carboxylic acids is 1. The monoisotopic (exact) mass is 262 g/mol. The molecule has 3 nitrogen and oxygen atoms in total. The zero-order valence-corrected chi connectivity index (χ0v) is 12.2. The lowest BCUT2D eigenvalue weighted by molar-refractivity contribution is 0.256. The molecule has 0 unspecified atom stereocenters. The fourth-order valence-electron chi connectivity index (χ4n) is 1.60. The lowest BCUT2D eigenvalue weighted by atomic mass is 10.1. The Morgan fingerprint density at radius 2 is 1.12 bits per heavy atom. The fraction of sp³-hybridized carbons (Fsp3) is 0.923. The molecule has 0 aromatic rings. The number of unbranched alkanes of at least 4 members (excludes halogenated alkanes) is 9. The Hall–Kier alpha value is -0.380. The molecule has 0 fully saturated rings. The smallest absolute Gasteiger partial charge is 0.309 e. The molecule has 17 heavy (non-hydrogen) atoms. The lowest BCUT2D eigenvalue weighted by Gasteiger charge is -2.00. The summed E-state index contributed by atoms with van der Waals surface area (Å²) < 4.78 is 0. The minimum absolute atomic E-state index is 0.833. The zero-order chi connectivity index (χ0) is 13.4. The molecule has 2 amide bonds. The number of carbonyl (C=O) groups is 1. The molecule has 0 saturated carbocycles. The molecule has 4 N–H and O–H groups in total. The number of primary amides is 2. The molecule has 0 aliphatic heterocycles. The Balaban J connectivity index is 0. The predicted molar refractivity (Wildman–Crippen MR) is 79.5 cm³/mol. The van der Waals surface area contributed by atoms with Crippen molar-refractivity contribution in [3.63, 3.8) is 0 Å². The maximum atomic E-state index is 9.00. The van der Waals surface area contributed by atoms with Crippen LogP contribution >= 0.6 is 12.6 Å². The van der Waals surface area contributed by atoms with Gasteiger partial charge in [0.1, 0.15) is 0 Å². The number of nitrogens with two attached hydrogens (primary N) is 2. The second-order valence-corrected chi connectivity index (χ2v) is 4.76. The van der Waals surface area contributed by atoms with Gasteiger partial charge in [-0.15, -0.1) is 0 Å². The summed E-state index contributed by atoms with van der Waals surface area (Å²) in [6, 6.07) is -0.833. The third kappa shape index (κ3) is 31.3. The van der Waals surface area contributed by atoms with Crippen molar-refractivity contribution >= 4 is 18.7 Å². The average molecular weight is 262 g/mol. The quantitative estimate of drug-likeness (QED) is 0.406. The SMILES string of the molecule is CCCCCCCCCCCCS.NC(N)=O. The molecule has 0 bridgehead atoms. The van der Waals surface area contributed by atoms with E-state index in [-0.39, 0.29) is 0 Å². The summed E-state index contributed by atoms with van der Waals surface area (Å²) in [6.07, 6.45) is 14.2. The van der Waals surface area contributed by atoms with E-state index in [1.54, 1.807) is 0 Å². The van der Waals surface area contributed by atoms with Gasteiger partial charge in [-0.2, -0.15) is 12.6 Å². The van der Waals surface area contributed by atoms with E-state index in [1.807, 2.05) is 0 Å². The number of rotatable bonds is 10. The van der Waals surface area contributed by atoms with Crippen LogP contribution in [0.15, 0.2) is 0 Å². The minimum atomic E-state index is -0.833. The van der Waals surface area contributed by atoms with E-state index in [0.717, 1.165) is 5.75 Å². The summed E-state index contributed by atoms with van der Waals surface area (Å²) in [5, 5.41) is 0. The van der Waals surface area contributed by atoms with Crippen LogP contribution in [0.1, 0.15) is 71.1 Å². The molecule has 0 atom stereocenters. The van der Waals surface area contributed by atoms with Crippen LogP contribution in [0.4, 0.5) is 4.79 Å². The number of amides is 2. The first kappa shape index (κ1) is 19.0. The largest absolute Gasteiger partial charge is 0.352 e. The molecule has 0 aliphatic carbocycles. The third-order valence-corrected chi connectivity index (χ3v) is 2.83. The van der Waals surface area contributed by atoms with Gasteiger partial charge in [0.2, 0.25) is 0 Å². The number of hydrogen-bond donors (Lipinski definition) is 3. The van der Waals surface area contributed by atoms with Crippen LogP contribution in [0.5, 0.6) is 0 Å². The van der Waals surface area contributed by atoms with Crippen molar-refractivity contribution in [3.8, 4) is 0 Å². The van der Waals surface area contributed by atoms with E-state index in [0.29, 0.717) is 0 Å². The molecule has 0 aliphatic rings. The fourth-order valence-corrected chi connectivity index (χ4v) is 1.82. The normalized spacial score (nSPS) is 9.53. The molecule has 0 radical (unpaired) electrons. The zero-order valence-electron chi connectivity index (χ0n) is 11.3. The Morgan fingerprint density at radius 1 is 0.824 bits per heavy atom. The van der Waals surface area contributed by atoms with Crippen LogP contribution in [0, 0.1) is 0 Å². The molecular weight excluding hydrogens is 232 g/mol. The molecule has 4 heteroatoms. The first-order valence-electron chi connectivity index (χ1n) is 6.80. The molecule has 0 aromatic carbocycles. The molecular formula is C13H30N2OS. The maximum absolute atomic E-state index is 9.00. The van der Waals surface area contributed by atoms with Crippen LogP contribution in [-0.4, -0.2) is 11.8 Å². The summed E-state index contributed by atoms with van der Waals surface area (Å²) in [5.74, 6) is 1.07. The summed E-state index contributed by atoms with van der Waals surface area (Å²) in [6.45, 7) is 2.28. The Kier molecular flexibility index (Phi) is 20.1.